The van der Waals surface area contributed by atoms with Crippen LogP contribution in [0.3, 0.4) is 0 Å². The van der Waals surface area contributed by atoms with Crippen molar-refractivity contribution in [1.82, 2.24) is 14.7 Å². The first kappa shape index (κ1) is 18.0. The fourth-order valence-corrected chi connectivity index (χ4v) is 3.88. The van der Waals surface area contributed by atoms with Gasteiger partial charge in [-0.15, -0.1) is 0 Å². The number of aliphatic hydroxyl groups excluding tert-OH is 1. The number of likely N-dealkylation sites (tertiary alicyclic amines) is 1. The molecule has 1 aliphatic rings. The molecule has 0 spiro atoms. The molecule has 1 N–H and O–H groups in total. The summed E-state index contributed by atoms with van der Waals surface area (Å²) in [5.74, 6) is 0. The lowest BCUT2D eigenvalue weighted by Crippen LogP contribution is -2.23. The Balaban J connectivity index is 1.82. The summed E-state index contributed by atoms with van der Waals surface area (Å²) in [6.45, 7) is 6.95. The van der Waals surface area contributed by atoms with E-state index in [2.05, 4.69) is 67.1 Å². The maximum atomic E-state index is 9.21. The molecule has 3 rings (SSSR count). The Morgan fingerprint density at radius 2 is 2.08 bits per heavy atom. The molecule has 0 amide bonds. The van der Waals surface area contributed by atoms with E-state index in [0.717, 1.165) is 18.8 Å². The lowest BCUT2D eigenvalue weighted by atomic mass is 10.0. The average molecular weight is 342 g/mol. The predicted octanol–water partition coefficient (Wildman–Crippen LogP) is 2.90. The molecule has 1 atom stereocenters. The molecule has 2 aromatic rings. The van der Waals surface area contributed by atoms with Gasteiger partial charge in [-0.05, 0) is 50.9 Å². The second-order valence-corrected chi connectivity index (χ2v) is 7.21. The van der Waals surface area contributed by atoms with Crippen molar-refractivity contribution >= 4 is 5.69 Å². The van der Waals surface area contributed by atoms with Crippen LogP contribution in [0.1, 0.15) is 41.4 Å². The molecule has 1 aliphatic heterocycles. The van der Waals surface area contributed by atoms with Crippen molar-refractivity contribution in [2.45, 2.75) is 45.8 Å². The predicted molar refractivity (Wildman–Crippen MR) is 102 cm³/mol. The zero-order chi connectivity index (χ0) is 18.0. The zero-order valence-electron chi connectivity index (χ0n) is 15.9. The summed E-state index contributed by atoms with van der Waals surface area (Å²) in [5.41, 5.74) is 6.23. The number of hydrogen-bond acceptors (Lipinski definition) is 4. The van der Waals surface area contributed by atoms with Gasteiger partial charge in [0, 0.05) is 43.6 Å². The van der Waals surface area contributed by atoms with Crippen LogP contribution in [-0.4, -0.2) is 47.0 Å². The lowest BCUT2D eigenvalue weighted by Gasteiger charge is -2.26. The Morgan fingerprint density at radius 1 is 1.28 bits per heavy atom. The van der Waals surface area contributed by atoms with E-state index in [9.17, 15) is 5.11 Å². The van der Waals surface area contributed by atoms with Gasteiger partial charge in [-0.2, -0.15) is 5.10 Å². The van der Waals surface area contributed by atoms with Gasteiger partial charge in [0.1, 0.15) is 0 Å². The molecule has 1 fully saturated rings. The number of aromatic nitrogens is 2. The van der Waals surface area contributed by atoms with Crippen molar-refractivity contribution in [3.05, 3.63) is 46.8 Å². The molecule has 2 heterocycles. The van der Waals surface area contributed by atoms with E-state index in [-0.39, 0.29) is 6.61 Å². The Kier molecular flexibility index (Phi) is 5.45. The molecule has 0 radical (unpaired) electrons. The van der Waals surface area contributed by atoms with Gasteiger partial charge in [0.15, 0.2) is 0 Å². The molecule has 1 aromatic carbocycles. The fraction of sp³-hybridized carbons (Fsp3) is 0.550. The highest BCUT2D eigenvalue weighted by Gasteiger charge is 2.28. The largest absolute Gasteiger partial charge is 0.394 e. The third-order valence-corrected chi connectivity index (χ3v) is 5.34. The van der Waals surface area contributed by atoms with Gasteiger partial charge in [-0.1, -0.05) is 12.1 Å². The molecule has 1 saturated heterocycles. The van der Waals surface area contributed by atoms with Crippen LogP contribution in [0.2, 0.25) is 0 Å². The summed E-state index contributed by atoms with van der Waals surface area (Å²) in [5, 5.41) is 13.8. The number of aryl methyl sites for hydroxylation is 1. The van der Waals surface area contributed by atoms with Crippen LogP contribution in [0.15, 0.2) is 24.3 Å². The van der Waals surface area contributed by atoms with E-state index in [1.54, 1.807) is 0 Å². The second-order valence-electron chi connectivity index (χ2n) is 7.21. The zero-order valence-corrected chi connectivity index (χ0v) is 15.9. The molecule has 1 unspecified atom stereocenters. The minimum atomic E-state index is 0.130. The quantitative estimate of drug-likeness (QED) is 0.877. The highest BCUT2D eigenvalue weighted by atomic mass is 16.3. The Morgan fingerprint density at radius 3 is 2.80 bits per heavy atom. The number of aliphatic hydroxyl groups is 1. The van der Waals surface area contributed by atoms with Crippen LogP contribution in [0.5, 0.6) is 0 Å². The van der Waals surface area contributed by atoms with Crippen LogP contribution in [0.25, 0.3) is 0 Å². The van der Waals surface area contributed by atoms with E-state index >= 15 is 0 Å². The second kappa shape index (κ2) is 7.58. The number of rotatable bonds is 6. The van der Waals surface area contributed by atoms with Gasteiger partial charge in [-0.25, -0.2) is 0 Å². The molecular weight excluding hydrogens is 312 g/mol. The van der Waals surface area contributed by atoms with Crippen molar-refractivity contribution in [2.75, 3.05) is 32.1 Å². The highest BCUT2D eigenvalue weighted by molar-refractivity contribution is 5.48. The summed E-state index contributed by atoms with van der Waals surface area (Å²) >= 11 is 0. The van der Waals surface area contributed by atoms with Gasteiger partial charge in [-0.3, -0.25) is 9.58 Å². The Hall–Kier alpha value is -1.85. The van der Waals surface area contributed by atoms with E-state index in [1.165, 1.54) is 35.3 Å². The molecule has 0 aliphatic carbocycles. The number of anilines is 1. The van der Waals surface area contributed by atoms with E-state index in [0.29, 0.717) is 12.6 Å². The standard InChI is InChI=1S/C20H30N4O/c1-15-19(16(2)24(21-15)11-12-25)14-23-10-6-9-20(23)17-7-5-8-18(13-17)22(3)4/h5,7-8,13,20,25H,6,9-12,14H2,1-4H3. The van der Waals surface area contributed by atoms with Crippen LogP contribution >= 0.6 is 0 Å². The van der Waals surface area contributed by atoms with Crippen LogP contribution in [0.4, 0.5) is 5.69 Å². The summed E-state index contributed by atoms with van der Waals surface area (Å²) in [6.07, 6.45) is 2.44. The Bertz CT molecular complexity index is 722. The van der Waals surface area contributed by atoms with Crippen molar-refractivity contribution < 1.29 is 5.11 Å². The van der Waals surface area contributed by atoms with Gasteiger partial charge in [0.05, 0.1) is 18.8 Å². The van der Waals surface area contributed by atoms with E-state index < -0.39 is 0 Å². The van der Waals surface area contributed by atoms with Crippen molar-refractivity contribution in [1.29, 1.82) is 0 Å². The molecule has 25 heavy (non-hydrogen) atoms. The molecule has 0 bridgehead atoms. The van der Waals surface area contributed by atoms with Crippen LogP contribution in [-0.2, 0) is 13.1 Å². The first-order chi connectivity index (χ1) is 12.0. The van der Waals surface area contributed by atoms with Crippen molar-refractivity contribution in [2.24, 2.45) is 0 Å². The first-order valence-electron chi connectivity index (χ1n) is 9.16. The van der Waals surface area contributed by atoms with Crippen LogP contribution < -0.4 is 4.90 Å². The maximum Gasteiger partial charge on any atom is 0.0644 e. The number of benzene rings is 1. The molecule has 5 nitrogen and oxygen atoms in total. The third-order valence-electron chi connectivity index (χ3n) is 5.34. The Labute approximate surface area is 150 Å². The smallest absolute Gasteiger partial charge is 0.0644 e. The van der Waals surface area contributed by atoms with Crippen molar-refractivity contribution in [3.63, 3.8) is 0 Å². The minimum Gasteiger partial charge on any atom is -0.394 e. The van der Waals surface area contributed by atoms with Gasteiger partial charge in [0.2, 0.25) is 0 Å². The number of hydrogen-bond donors (Lipinski definition) is 1. The van der Waals surface area contributed by atoms with Crippen LogP contribution in [0, 0.1) is 13.8 Å². The summed E-state index contributed by atoms with van der Waals surface area (Å²) in [6, 6.07) is 9.37. The molecular formula is C20H30N4O. The average Bonchev–Trinajstić information content (AvgIpc) is 3.16. The molecule has 0 saturated carbocycles. The molecule has 136 valence electrons. The fourth-order valence-electron chi connectivity index (χ4n) is 3.88. The topological polar surface area (TPSA) is 44.5 Å². The van der Waals surface area contributed by atoms with Gasteiger partial charge in [0.25, 0.3) is 0 Å². The molecule has 5 heteroatoms. The van der Waals surface area contributed by atoms with Gasteiger partial charge >= 0.3 is 0 Å². The monoisotopic (exact) mass is 342 g/mol. The van der Waals surface area contributed by atoms with Crippen molar-refractivity contribution in [3.8, 4) is 0 Å². The minimum absolute atomic E-state index is 0.130. The lowest BCUT2D eigenvalue weighted by molar-refractivity contribution is 0.247. The van der Waals surface area contributed by atoms with E-state index in [1.807, 2.05) is 4.68 Å². The highest BCUT2D eigenvalue weighted by Crippen LogP contribution is 2.35. The number of nitrogens with zero attached hydrogens (tertiary/aromatic N) is 4. The van der Waals surface area contributed by atoms with Gasteiger partial charge < -0.3 is 10.0 Å². The normalized spacial score (nSPS) is 18.0. The first-order valence-corrected chi connectivity index (χ1v) is 9.16. The summed E-state index contributed by atoms with van der Waals surface area (Å²) in [7, 11) is 4.18. The summed E-state index contributed by atoms with van der Waals surface area (Å²) in [4.78, 5) is 4.74. The molecule has 1 aromatic heterocycles. The third kappa shape index (κ3) is 3.72. The summed E-state index contributed by atoms with van der Waals surface area (Å²) < 4.78 is 1.93. The SMILES string of the molecule is Cc1nn(CCO)c(C)c1CN1CCCC1c1cccc(N(C)C)c1. The van der Waals surface area contributed by atoms with E-state index in [4.69, 9.17) is 0 Å². The maximum absolute atomic E-state index is 9.21.